The van der Waals surface area contributed by atoms with E-state index in [-0.39, 0.29) is 11.8 Å². The quantitative estimate of drug-likeness (QED) is 0.230. The summed E-state index contributed by atoms with van der Waals surface area (Å²) < 4.78 is 84.8. The normalized spacial score (nSPS) is 42.6. The summed E-state index contributed by atoms with van der Waals surface area (Å²) in [5, 5.41) is -4.75. The topological polar surface area (TPSA) is 169 Å². The van der Waals surface area contributed by atoms with Gasteiger partial charge in [-0.25, -0.2) is 0 Å². The van der Waals surface area contributed by atoms with Gasteiger partial charge in [0.05, 0.1) is 12.8 Å². The molecule has 4 saturated carbocycles. The number of hydrogen-bond acceptors (Lipinski definition) is 11. The van der Waals surface area contributed by atoms with Crippen LogP contribution in [0, 0.1) is 35.5 Å². The molecule has 4 aliphatic carbocycles. The van der Waals surface area contributed by atoms with E-state index in [0.29, 0.717) is 18.8 Å². The second kappa shape index (κ2) is 9.56. The van der Waals surface area contributed by atoms with Gasteiger partial charge in [-0.15, -0.1) is 0 Å². The predicted octanol–water partition coefficient (Wildman–Crippen LogP) is 1.79. The molecule has 3 saturated heterocycles. The summed E-state index contributed by atoms with van der Waals surface area (Å²) in [6.45, 7) is 2.55. The zero-order valence-electron chi connectivity index (χ0n) is 22.4. The van der Waals surface area contributed by atoms with E-state index in [1.54, 1.807) is 0 Å². The van der Waals surface area contributed by atoms with Gasteiger partial charge in [0.25, 0.3) is 0 Å². The molecule has 7 aliphatic rings. The maximum atomic E-state index is 13.6. The van der Waals surface area contributed by atoms with E-state index in [4.69, 9.17) is 23.5 Å². The minimum Gasteiger partial charge on any atom is -0.458 e. The molecule has 41 heavy (non-hydrogen) atoms. The van der Waals surface area contributed by atoms with Crippen molar-refractivity contribution in [3.63, 3.8) is 0 Å². The van der Waals surface area contributed by atoms with Crippen LogP contribution in [0.4, 0.5) is 8.78 Å². The van der Waals surface area contributed by atoms with Gasteiger partial charge in [0.15, 0.2) is 18.3 Å². The van der Waals surface area contributed by atoms with Crippen molar-refractivity contribution in [2.75, 3.05) is 0 Å². The SMILES string of the molecule is CC(OC(=O)CCC(=O)OC1C2OC(=O)C3C2OC1C3C(=O)OC1(C)C2CC3CC(C2)CC1C3)C(F)(F)S(=O)(=O)O. The first-order chi connectivity index (χ1) is 19.1. The monoisotopic (exact) mass is 606 g/mol. The molecule has 3 aliphatic heterocycles. The molecule has 0 aromatic heterocycles. The standard InChI is InChI=1S/C26H32F2O12S/c1-10(26(27,28)41(33,34)35)36-15(29)3-4-16(30)37-21-20-18(17-19(38-20)22(21)39-23(17)31)24(32)40-25(2)13-6-11-5-12(8-13)9-14(25)7-11/h10-14,17-22H,3-9H2,1-2H3,(H,33,34,35). The van der Waals surface area contributed by atoms with Crippen LogP contribution in [0.25, 0.3) is 0 Å². The third-order valence-corrected chi connectivity index (χ3v) is 11.2. The molecule has 3 heterocycles. The summed E-state index contributed by atoms with van der Waals surface area (Å²) in [6, 6.07) is 0. The number of carbonyl (C=O) groups excluding carboxylic acids is 4. The fraction of sp³-hybridized carbons (Fsp3) is 0.846. The molecule has 7 unspecified atom stereocenters. The van der Waals surface area contributed by atoms with Gasteiger partial charge in [-0.2, -0.15) is 17.2 Å². The summed E-state index contributed by atoms with van der Waals surface area (Å²) in [5.74, 6) is -3.65. The molecule has 6 bridgehead atoms. The van der Waals surface area contributed by atoms with Crippen LogP contribution >= 0.6 is 0 Å². The van der Waals surface area contributed by atoms with Gasteiger partial charge in [0, 0.05) is 0 Å². The van der Waals surface area contributed by atoms with Crippen molar-refractivity contribution < 1.29 is 64.6 Å². The molecule has 0 radical (unpaired) electrons. The first-order valence-electron chi connectivity index (χ1n) is 13.9. The number of carbonyl (C=O) groups is 4. The molecule has 15 heteroatoms. The Morgan fingerprint density at radius 2 is 1.61 bits per heavy atom. The number of rotatable bonds is 9. The lowest BCUT2D eigenvalue weighted by Gasteiger charge is -2.59. The van der Waals surface area contributed by atoms with Crippen LogP contribution in [-0.4, -0.2) is 78.2 Å². The van der Waals surface area contributed by atoms with Gasteiger partial charge >= 0.3 is 39.2 Å². The number of ether oxygens (including phenoxy) is 5. The molecule has 7 fully saturated rings. The average Bonchev–Trinajstić information content (AvgIpc) is 3.49. The maximum absolute atomic E-state index is 13.6. The fourth-order valence-corrected chi connectivity index (χ4v) is 8.73. The highest BCUT2D eigenvalue weighted by molar-refractivity contribution is 7.86. The molecule has 0 spiro atoms. The van der Waals surface area contributed by atoms with Crippen LogP contribution in [0.3, 0.4) is 0 Å². The average molecular weight is 607 g/mol. The summed E-state index contributed by atoms with van der Waals surface area (Å²) in [5.41, 5.74) is -0.649. The van der Waals surface area contributed by atoms with E-state index in [9.17, 15) is 36.4 Å². The fourth-order valence-electron chi connectivity index (χ4n) is 8.26. The molecule has 0 aromatic carbocycles. The highest BCUT2D eigenvalue weighted by Gasteiger charge is 2.72. The van der Waals surface area contributed by atoms with Crippen LogP contribution < -0.4 is 0 Å². The first-order valence-corrected chi connectivity index (χ1v) is 15.4. The molecule has 0 aromatic rings. The Labute approximate surface area is 234 Å². The molecule has 1 N–H and O–H groups in total. The molecule has 0 amide bonds. The van der Waals surface area contributed by atoms with Crippen molar-refractivity contribution in [1.29, 1.82) is 0 Å². The van der Waals surface area contributed by atoms with E-state index in [1.165, 1.54) is 6.42 Å². The lowest BCUT2D eigenvalue weighted by atomic mass is 9.50. The van der Waals surface area contributed by atoms with E-state index in [0.717, 1.165) is 25.7 Å². The number of alkyl halides is 2. The van der Waals surface area contributed by atoms with Crippen LogP contribution in [0.1, 0.15) is 58.8 Å². The van der Waals surface area contributed by atoms with E-state index in [2.05, 4.69) is 4.74 Å². The summed E-state index contributed by atoms with van der Waals surface area (Å²) in [4.78, 5) is 50.8. The van der Waals surface area contributed by atoms with Gasteiger partial charge in [-0.3, -0.25) is 23.7 Å². The van der Waals surface area contributed by atoms with Crippen molar-refractivity contribution in [2.45, 2.75) is 100 Å². The first kappa shape index (κ1) is 28.7. The maximum Gasteiger partial charge on any atom is 0.405 e. The van der Waals surface area contributed by atoms with E-state index in [1.807, 2.05) is 6.92 Å². The van der Waals surface area contributed by atoms with Crippen LogP contribution in [0.15, 0.2) is 0 Å². The Morgan fingerprint density at radius 3 is 2.20 bits per heavy atom. The van der Waals surface area contributed by atoms with E-state index < -0.39 is 100 Å². The van der Waals surface area contributed by atoms with Crippen molar-refractivity contribution in [1.82, 2.24) is 0 Å². The summed E-state index contributed by atoms with van der Waals surface area (Å²) in [6.07, 6.45) is -2.53. The van der Waals surface area contributed by atoms with Gasteiger partial charge in [-0.1, -0.05) is 0 Å². The molecule has 7 atom stereocenters. The largest absolute Gasteiger partial charge is 0.458 e. The van der Waals surface area contributed by atoms with Crippen molar-refractivity contribution >= 4 is 34.0 Å². The Balaban J connectivity index is 1.08. The summed E-state index contributed by atoms with van der Waals surface area (Å²) >= 11 is 0. The second-order valence-corrected chi connectivity index (χ2v) is 14.0. The zero-order valence-corrected chi connectivity index (χ0v) is 23.2. The van der Waals surface area contributed by atoms with Crippen molar-refractivity contribution in [3.05, 3.63) is 0 Å². The van der Waals surface area contributed by atoms with Crippen LogP contribution in [-0.2, 0) is 53.0 Å². The number of esters is 4. The lowest BCUT2D eigenvalue weighted by Crippen LogP contribution is -2.59. The van der Waals surface area contributed by atoms with Gasteiger partial charge in [-0.05, 0) is 69.6 Å². The third-order valence-electron chi connectivity index (χ3n) is 10.2. The minimum atomic E-state index is -5.84. The third kappa shape index (κ3) is 4.53. The highest BCUT2D eigenvalue weighted by atomic mass is 32.2. The number of hydrogen-bond donors (Lipinski definition) is 1. The number of fused-ring (bicyclic) bond motifs is 1. The Bertz CT molecular complexity index is 1240. The molecular formula is C26H32F2O12S. The Morgan fingerprint density at radius 1 is 1.02 bits per heavy atom. The van der Waals surface area contributed by atoms with Gasteiger partial charge in [0.1, 0.15) is 29.6 Å². The Hall–Kier alpha value is -2.39. The van der Waals surface area contributed by atoms with E-state index >= 15 is 0 Å². The minimum absolute atomic E-state index is 0.249. The van der Waals surface area contributed by atoms with Crippen LogP contribution in [0.2, 0.25) is 0 Å². The summed E-state index contributed by atoms with van der Waals surface area (Å²) in [7, 11) is -5.84. The predicted molar refractivity (Wildman–Crippen MR) is 128 cm³/mol. The number of halogens is 2. The highest BCUT2D eigenvalue weighted by Crippen LogP contribution is 2.60. The molecule has 12 nitrogen and oxygen atoms in total. The molecule has 228 valence electrons. The Kier molecular flexibility index (Phi) is 6.70. The smallest absolute Gasteiger partial charge is 0.405 e. The van der Waals surface area contributed by atoms with Crippen molar-refractivity contribution in [3.8, 4) is 0 Å². The van der Waals surface area contributed by atoms with Crippen molar-refractivity contribution in [2.24, 2.45) is 35.5 Å². The molecule has 7 rings (SSSR count). The van der Waals surface area contributed by atoms with Gasteiger partial charge in [0.2, 0.25) is 0 Å². The second-order valence-electron chi connectivity index (χ2n) is 12.6. The molecular weight excluding hydrogens is 574 g/mol. The zero-order chi connectivity index (χ0) is 29.6. The lowest BCUT2D eigenvalue weighted by molar-refractivity contribution is -0.210. The van der Waals surface area contributed by atoms with Crippen LogP contribution in [0.5, 0.6) is 0 Å². The van der Waals surface area contributed by atoms with Gasteiger partial charge < -0.3 is 23.7 Å².